The number of aromatic hydroxyl groups is 1. The van der Waals surface area contributed by atoms with E-state index in [-0.39, 0.29) is 40.8 Å². The van der Waals surface area contributed by atoms with Crippen LogP contribution < -0.4 is 9.80 Å². The number of benzene rings is 3. The summed E-state index contributed by atoms with van der Waals surface area (Å²) in [6.07, 6.45) is 2.54. The largest absolute Gasteiger partial charge is 0.508 e. The van der Waals surface area contributed by atoms with Crippen LogP contribution in [-0.4, -0.2) is 28.7 Å². The van der Waals surface area contributed by atoms with Crippen LogP contribution in [0.3, 0.4) is 0 Å². The van der Waals surface area contributed by atoms with Gasteiger partial charge in [-0.15, -0.1) is 0 Å². The third-order valence-corrected chi connectivity index (χ3v) is 10.2. The van der Waals surface area contributed by atoms with Crippen molar-refractivity contribution >= 4 is 58.2 Å². The summed E-state index contributed by atoms with van der Waals surface area (Å²) in [4.78, 5) is 58.7. The Hall–Kier alpha value is -3.94. The van der Waals surface area contributed by atoms with E-state index in [4.69, 9.17) is 23.2 Å². The molecular formula is C33H26Cl2N2O5. The number of anilines is 2. The van der Waals surface area contributed by atoms with E-state index in [0.29, 0.717) is 28.4 Å². The Morgan fingerprint density at radius 2 is 1.50 bits per heavy atom. The van der Waals surface area contributed by atoms with E-state index < -0.39 is 35.0 Å². The van der Waals surface area contributed by atoms with Crippen molar-refractivity contribution in [3.8, 4) is 5.75 Å². The maximum atomic E-state index is 14.4. The predicted molar refractivity (Wildman–Crippen MR) is 158 cm³/mol. The zero-order valence-electron chi connectivity index (χ0n) is 22.5. The van der Waals surface area contributed by atoms with Crippen LogP contribution in [0.4, 0.5) is 11.4 Å². The highest BCUT2D eigenvalue weighted by atomic mass is 35.5. The molecule has 7 rings (SSSR count). The third-order valence-electron chi connectivity index (χ3n) is 9.67. The van der Waals surface area contributed by atoms with E-state index in [1.165, 1.54) is 21.9 Å². The molecule has 2 aliphatic carbocycles. The Morgan fingerprint density at radius 3 is 2.19 bits per heavy atom. The number of halogens is 2. The van der Waals surface area contributed by atoms with Gasteiger partial charge in [0.2, 0.25) is 23.6 Å². The third kappa shape index (κ3) is 3.66. The van der Waals surface area contributed by atoms with Crippen molar-refractivity contribution in [2.45, 2.75) is 25.7 Å². The number of para-hydroxylation sites is 1. The molecule has 42 heavy (non-hydrogen) atoms. The molecule has 4 amide bonds. The fourth-order valence-corrected chi connectivity index (χ4v) is 8.19. The van der Waals surface area contributed by atoms with Crippen molar-refractivity contribution in [3.63, 3.8) is 0 Å². The second-order valence-corrected chi connectivity index (χ2v) is 12.5. The quantitative estimate of drug-likeness (QED) is 0.288. The van der Waals surface area contributed by atoms with E-state index >= 15 is 0 Å². The topological polar surface area (TPSA) is 95.0 Å². The fourth-order valence-electron chi connectivity index (χ4n) is 7.78. The van der Waals surface area contributed by atoms with Crippen molar-refractivity contribution in [1.82, 2.24) is 0 Å². The second kappa shape index (κ2) is 9.54. The van der Waals surface area contributed by atoms with E-state index in [1.54, 1.807) is 61.5 Å². The summed E-state index contributed by atoms with van der Waals surface area (Å²) in [6, 6.07) is 20.0. The SMILES string of the molecule is C[C@@]12C(=O)N(c3ccccc3)C(=O)[C@@H]1C[C@@H]1C(=CC[C@@H]3C(=O)N(c4ccc(Cl)cc4)C(=O)[C@@H]31)[C@@H]2c1ccc(O)cc1Cl. The van der Waals surface area contributed by atoms with Crippen LogP contribution in [0.2, 0.25) is 10.0 Å². The molecule has 3 fully saturated rings. The lowest BCUT2D eigenvalue weighted by Gasteiger charge is -2.49. The lowest BCUT2D eigenvalue weighted by molar-refractivity contribution is -0.131. The van der Waals surface area contributed by atoms with Gasteiger partial charge in [0, 0.05) is 16.0 Å². The van der Waals surface area contributed by atoms with E-state index in [1.807, 2.05) is 12.1 Å². The summed E-state index contributed by atoms with van der Waals surface area (Å²) in [5, 5.41) is 10.9. The lowest BCUT2D eigenvalue weighted by Crippen LogP contribution is -2.49. The van der Waals surface area contributed by atoms with Gasteiger partial charge >= 0.3 is 0 Å². The van der Waals surface area contributed by atoms with Crippen LogP contribution in [0.15, 0.2) is 84.4 Å². The standard InChI is InChI=1S/C33H26Cl2N2O5/c1-33-25(30(40)37(32(33)42)18-5-3-2-4-6-18)16-24-21(28(33)22-12-11-20(38)15-26(22)35)13-14-23-27(24)31(41)36(29(23)39)19-9-7-17(34)8-10-19/h2-13,15,23-25,27-28,38H,14,16H2,1H3/t23-,24+,25-,27-,28+,33+/m0/s1. The van der Waals surface area contributed by atoms with Gasteiger partial charge in [0.25, 0.3) is 0 Å². The summed E-state index contributed by atoms with van der Waals surface area (Å²) in [5.41, 5.74) is 1.15. The molecule has 3 aromatic rings. The minimum Gasteiger partial charge on any atom is -0.508 e. The Balaban J connectivity index is 1.38. The van der Waals surface area contributed by atoms with Gasteiger partial charge in [0.05, 0.1) is 34.5 Å². The van der Waals surface area contributed by atoms with Gasteiger partial charge in [-0.25, -0.2) is 4.90 Å². The zero-order chi connectivity index (χ0) is 29.5. The summed E-state index contributed by atoms with van der Waals surface area (Å²) in [5.74, 6) is -4.43. The molecule has 0 bridgehead atoms. The summed E-state index contributed by atoms with van der Waals surface area (Å²) in [7, 11) is 0. The molecule has 2 heterocycles. The van der Waals surface area contributed by atoms with Crippen LogP contribution in [-0.2, 0) is 19.2 Å². The number of imide groups is 2. The van der Waals surface area contributed by atoms with E-state index in [2.05, 4.69) is 0 Å². The Kier molecular flexibility index (Phi) is 6.12. The fraction of sp³-hybridized carbons (Fsp3) is 0.273. The highest BCUT2D eigenvalue weighted by molar-refractivity contribution is 6.32. The first-order valence-corrected chi connectivity index (χ1v) is 14.6. The molecule has 4 aliphatic rings. The molecule has 0 spiro atoms. The van der Waals surface area contributed by atoms with Crippen molar-refractivity contribution in [2.75, 3.05) is 9.80 Å². The van der Waals surface area contributed by atoms with Gasteiger partial charge in [-0.1, -0.05) is 59.1 Å². The molecule has 212 valence electrons. The highest BCUT2D eigenvalue weighted by Gasteiger charge is 2.67. The number of hydrogen-bond donors (Lipinski definition) is 1. The summed E-state index contributed by atoms with van der Waals surface area (Å²) >= 11 is 12.8. The molecular weight excluding hydrogens is 575 g/mol. The molecule has 2 saturated heterocycles. The Morgan fingerprint density at radius 1 is 0.810 bits per heavy atom. The van der Waals surface area contributed by atoms with Gasteiger partial charge < -0.3 is 5.11 Å². The molecule has 6 atom stereocenters. The van der Waals surface area contributed by atoms with Crippen molar-refractivity contribution in [3.05, 3.63) is 100 Å². The number of nitrogens with zero attached hydrogens (tertiary/aromatic N) is 2. The van der Waals surface area contributed by atoms with Gasteiger partial charge in [-0.05, 0) is 79.8 Å². The molecule has 3 aromatic carbocycles. The molecule has 7 nitrogen and oxygen atoms in total. The first-order valence-electron chi connectivity index (χ1n) is 13.9. The predicted octanol–water partition coefficient (Wildman–Crippen LogP) is 6.13. The minimum atomic E-state index is -1.20. The van der Waals surface area contributed by atoms with Gasteiger partial charge in [0.15, 0.2) is 0 Å². The number of amides is 4. The maximum Gasteiger partial charge on any atom is 0.241 e. The molecule has 0 unspecified atom stereocenters. The van der Waals surface area contributed by atoms with Crippen LogP contribution in [0.25, 0.3) is 0 Å². The van der Waals surface area contributed by atoms with Gasteiger partial charge in [0.1, 0.15) is 5.75 Å². The maximum absolute atomic E-state index is 14.4. The number of phenolic OH excluding ortho intramolecular Hbond substituents is 1. The molecule has 1 saturated carbocycles. The van der Waals surface area contributed by atoms with E-state index in [0.717, 1.165) is 5.57 Å². The number of carbonyl (C=O) groups excluding carboxylic acids is 4. The smallest absolute Gasteiger partial charge is 0.241 e. The number of rotatable bonds is 3. The second-order valence-electron chi connectivity index (χ2n) is 11.7. The molecule has 0 radical (unpaired) electrons. The number of carbonyl (C=O) groups is 4. The van der Waals surface area contributed by atoms with Crippen molar-refractivity contribution in [2.24, 2.45) is 29.1 Å². The van der Waals surface area contributed by atoms with Crippen LogP contribution in [0.5, 0.6) is 5.75 Å². The lowest BCUT2D eigenvalue weighted by atomic mass is 9.51. The molecule has 9 heteroatoms. The number of allylic oxidation sites excluding steroid dienone is 2. The van der Waals surface area contributed by atoms with Crippen LogP contribution >= 0.6 is 23.2 Å². The van der Waals surface area contributed by atoms with Crippen LogP contribution in [0.1, 0.15) is 31.2 Å². The van der Waals surface area contributed by atoms with Crippen molar-refractivity contribution < 1.29 is 24.3 Å². The van der Waals surface area contributed by atoms with Crippen LogP contribution in [0, 0.1) is 29.1 Å². The van der Waals surface area contributed by atoms with Crippen molar-refractivity contribution in [1.29, 1.82) is 0 Å². The Bertz CT molecular complexity index is 1710. The first kappa shape index (κ1) is 26.9. The van der Waals surface area contributed by atoms with Gasteiger partial charge in [-0.2, -0.15) is 0 Å². The average molecular weight is 601 g/mol. The number of fused-ring (bicyclic) bond motifs is 4. The first-order chi connectivity index (χ1) is 20.1. The zero-order valence-corrected chi connectivity index (χ0v) is 24.0. The normalized spacial score (nSPS) is 30.3. The van der Waals surface area contributed by atoms with Gasteiger partial charge in [-0.3, -0.25) is 24.1 Å². The molecule has 1 N–H and O–H groups in total. The average Bonchev–Trinajstić information content (AvgIpc) is 3.34. The molecule has 2 aliphatic heterocycles. The number of phenols is 1. The Labute approximate surface area is 252 Å². The minimum absolute atomic E-state index is 0.0228. The van der Waals surface area contributed by atoms with E-state index in [9.17, 15) is 24.3 Å². The monoisotopic (exact) mass is 600 g/mol. The number of hydrogen-bond acceptors (Lipinski definition) is 5. The summed E-state index contributed by atoms with van der Waals surface area (Å²) in [6.45, 7) is 1.81. The molecule has 0 aromatic heterocycles. The highest BCUT2D eigenvalue weighted by Crippen LogP contribution is 2.64. The summed E-state index contributed by atoms with van der Waals surface area (Å²) < 4.78 is 0.